The van der Waals surface area contributed by atoms with Gasteiger partial charge in [-0.3, -0.25) is 14.4 Å². The highest BCUT2D eigenvalue weighted by molar-refractivity contribution is 6.05. The van der Waals surface area contributed by atoms with Gasteiger partial charge in [0.05, 0.1) is 12.0 Å². The molecule has 0 aliphatic carbocycles. The predicted molar refractivity (Wildman–Crippen MR) is 126 cm³/mol. The average Bonchev–Trinajstić information content (AvgIpc) is 2.83. The van der Waals surface area contributed by atoms with Crippen molar-refractivity contribution in [1.29, 1.82) is 0 Å². The van der Waals surface area contributed by atoms with Gasteiger partial charge in [0, 0.05) is 17.3 Å². The minimum atomic E-state index is -0.824. The van der Waals surface area contributed by atoms with Gasteiger partial charge < -0.3 is 20.2 Å². The van der Waals surface area contributed by atoms with E-state index in [-0.39, 0.29) is 22.6 Å². The van der Waals surface area contributed by atoms with Crippen LogP contribution in [0.4, 0.5) is 5.69 Å². The third-order valence-electron chi connectivity index (χ3n) is 5.07. The normalized spacial score (nSPS) is 10.7. The number of anilines is 1. The molecular weight excluding hydrogens is 420 g/mol. The summed E-state index contributed by atoms with van der Waals surface area (Å²) >= 11 is 0. The Morgan fingerprint density at radius 3 is 2.42 bits per heavy atom. The number of amides is 2. The third kappa shape index (κ3) is 5.46. The maximum absolute atomic E-state index is 12.6. The fraction of sp³-hybridized carbons (Fsp3) is 0.115. The molecule has 7 nitrogen and oxygen atoms in total. The molecule has 3 aromatic carbocycles. The quantitative estimate of drug-likeness (QED) is 0.398. The number of aryl methyl sites for hydroxylation is 1. The summed E-state index contributed by atoms with van der Waals surface area (Å²) in [5.74, 6) is -0.682. The summed E-state index contributed by atoms with van der Waals surface area (Å²) in [5, 5.41) is 2.99. The molecular formula is C26H22N2O5. The van der Waals surface area contributed by atoms with Gasteiger partial charge in [0.2, 0.25) is 0 Å². The Morgan fingerprint density at radius 1 is 0.939 bits per heavy atom. The van der Waals surface area contributed by atoms with E-state index in [4.69, 9.17) is 14.9 Å². The molecule has 0 radical (unpaired) electrons. The largest absolute Gasteiger partial charge is 0.494 e. The number of benzene rings is 3. The second-order valence-electron chi connectivity index (χ2n) is 7.47. The Balaban J connectivity index is 1.35. The number of nitrogens with two attached hydrogens (primary N) is 1. The summed E-state index contributed by atoms with van der Waals surface area (Å²) in [6.07, 6.45) is 1.83. The fourth-order valence-electron chi connectivity index (χ4n) is 3.37. The topological polar surface area (TPSA) is 112 Å². The van der Waals surface area contributed by atoms with Crippen molar-refractivity contribution in [2.24, 2.45) is 5.73 Å². The summed E-state index contributed by atoms with van der Waals surface area (Å²) < 4.78 is 11.1. The van der Waals surface area contributed by atoms with Crippen LogP contribution in [0.2, 0.25) is 0 Å². The van der Waals surface area contributed by atoms with Crippen LogP contribution in [0, 0.1) is 0 Å². The van der Waals surface area contributed by atoms with E-state index >= 15 is 0 Å². The molecule has 0 atom stereocenters. The molecule has 3 N–H and O–H groups in total. The highest BCUT2D eigenvalue weighted by Gasteiger charge is 2.11. The minimum Gasteiger partial charge on any atom is -0.494 e. The van der Waals surface area contributed by atoms with Gasteiger partial charge in [0.1, 0.15) is 11.3 Å². The molecule has 7 heteroatoms. The first-order valence-electron chi connectivity index (χ1n) is 10.5. The first-order chi connectivity index (χ1) is 16.0. The van der Waals surface area contributed by atoms with Crippen LogP contribution in [0.1, 0.15) is 32.9 Å². The predicted octanol–water partition coefficient (Wildman–Crippen LogP) is 4.16. The highest BCUT2D eigenvalue weighted by Crippen LogP contribution is 2.19. The molecule has 2 amide bonds. The van der Waals surface area contributed by atoms with Gasteiger partial charge in [0.25, 0.3) is 11.8 Å². The number of ether oxygens (including phenoxy) is 1. The van der Waals surface area contributed by atoms with Gasteiger partial charge in [-0.25, -0.2) is 0 Å². The zero-order valence-electron chi connectivity index (χ0n) is 17.7. The standard InChI is InChI=1S/C26H22N2O5/c27-25(30)24-16-22(29)21-15-19(10-13-23(21)33-24)28-26(31)18-8-11-20(12-9-18)32-14-4-7-17-5-2-1-3-6-17/h1-3,5-6,8-13,15-16H,4,7,14H2,(H2,27,30)(H,28,31). The molecule has 0 unspecified atom stereocenters. The molecule has 0 aliphatic heterocycles. The number of rotatable bonds is 8. The lowest BCUT2D eigenvalue weighted by Crippen LogP contribution is -2.15. The van der Waals surface area contributed by atoms with Crippen LogP contribution in [0.25, 0.3) is 11.0 Å². The van der Waals surface area contributed by atoms with Gasteiger partial charge in [-0.2, -0.15) is 0 Å². The highest BCUT2D eigenvalue weighted by atomic mass is 16.5. The van der Waals surface area contributed by atoms with Crippen molar-refractivity contribution in [1.82, 2.24) is 0 Å². The molecule has 0 aliphatic rings. The van der Waals surface area contributed by atoms with Crippen molar-refractivity contribution < 1.29 is 18.7 Å². The van der Waals surface area contributed by atoms with Gasteiger partial charge in [-0.15, -0.1) is 0 Å². The van der Waals surface area contributed by atoms with E-state index in [1.54, 1.807) is 30.3 Å². The SMILES string of the molecule is NC(=O)c1cc(=O)c2cc(NC(=O)c3ccc(OCCCc4ccccc4)cc3)ccc2o1. The van der Waals surface area contributed by atoms with Crippen molar-refractivity contribution in [2.75, 3.05) is 11.9 Å². The lowest BCUT2D eigenvalue weighted by Gasteiger charge is -2.09. The molecule has 1 aromatic heterocycles. The second-order valence-corrected chi connectivity index (χ2v) is 7.47. The minimum absolute atomic E-state index is 0.211. The summed E-state index contributed by atoms with van der Waals surface area (Å²) in [6, 6.07) is 22.7. The van der Waals surface area contributed by atoms with Crippen molar-refractivity contribution in [3.05, 3.63) is 106 Å². The molecule has 0 spiro atoms. The van der Waals surface area contributed by atoms with E-state index in [0.717, 1.165) is 18.9 Å². The summed E-state index contributed by atoms with van der Waals surface area (Å²) in [6.45, 7) is 0.581. The van der Waals surface area contributed by atoms with E-state index in [0.29, 0.717) is 23.6 Å². The second kappa shape index (κ2) is 9.82. The van der Waals surface area contributed by atoms with Crippen LogP contribution in [0.15, 0.2) is 88.1 Å². The van der Waals surface area contributed by atoms with Crippen LogP contribution in [0.5, 0.6) is 5.75 Å². The van der Waals surface area contributed by atoms with Gasteiger partial charge in [0.15, 0.2) is 11.2 Å². The number of primary amides is 1. The molecule has 4 rings (SSSR count). The lowest BCUT2D eigenvalue weighted by atomic mass is 10.1. The van der Waals surface area contributed by atoms with E-state index in [1.165, 1.54) is 17.7 Å². The maximum Gasteiger partial charge on any atom is 0.284 e. The zero-order chi connectivity index (χ0) is 23.2. The molecule has 0 bridgehead atoms. The average molecular weight is 442 g/mol. The van der Waals surface area contributed by atoms with Crippen LogP contribution < -0.4 is 21.2 Å². The Morgan fingerprint density at radius 2 is 1.70 bits per heavy atom. The van der Waals surface area contributed by atoms with Crippen LogP contribution >= 0.6 is 0 Å². The smallest absolute Gasteiger partial charge is 0.284 e. The molecule has 0 saturated heterocycles. The Hall–Kier alpha value is -4.39. The maximum atomic E-state index is 12.6. The van der Waals surface area contributed by atoms with Crippen molar-refractivity contribution in [3.8, 4) is 5.75 Å². The Labute approximate surface area is 189 Å². The third-order valence-corrected chi connectivity index (χ3v) is 5.07. The number of carbonyl (C=O) groups excluding carboxylic acids is 2. The van der Waals surface area contributed by atoms with Crippen LogP contribution in [-0.4, -0.2) is 18.4 Å². The summed E-state index contributed by atoms with van der Waals surface area (Å²) in [4.78, 5) is 36.1. The van der Waals surface area contributed by atoms with Crippen LogP contribution in [0.3, 0.4) is 0 Å². The number of hydrogen-bond acceptors (Lipinski definition) is 5. The van der Waals surface area contributed by atoms with E-state index < -0.39 is 11.3 Å². The molecule has 4 aromatic rings. The number of nitrogens with one attached hydrogen (secondary N) is 1. The fourth-order valence-corrected chi connectivity index (χ4v) is 3.37. The first kappa shape index (κ1) is 21.8. The summed E-state index contributed by atoms with van der Waals surface area (Å²) in [7, 11) is 0. The van der Waals surface area contributed by atoms with Gasteiger partial charge in [-0.1, -0.05) is 30.3 Å². The Bertz CT molecular complexity index is 1340. The van der Waals surface area contributed by atoms with Gasteiger partial charge in [-0.05, 0) is 60.9 Å². The number of fused-ring (bicyclic) bond motifs is 1. The number of hydrogen-bond donors (Lipinski definition) is 2. The molecule has 166 valence electrons. The van der Waals surface area contributed by atoms with E-state index in [9.17, 15) is 14.4 Å². The first-order valence-corrected chi connectivity index (χ1v) is 10.5. The molecule has 1 heterocycles. The van der Waals surface area contributed by atoms with Crippen molar-refractivity contribution in [2.45, 2.75) is 12.8 Å². The number of carbonyl (C=O) groups is 2. The van der Waals surface area contributed by atoms with Crippen molar-refractivity contribution in [3.63, 3.8) is 0 Å². The van der Waals surface area contributed by atoms with Gasteiger partial charge >= 0.3 is 0 Å². The van der Waals surface area contributed by atoms with Crippen molar-refractivity contribution >= 4 is 28.5 Å². The zero-order valence-corrected chi connectivity index (χ0v) is 17.7. The van der Waals surface area contributed by atoms with Crippen LogP contribution in [-0.2, 0) is 6.42 Å². The van der Waals surface area contributed by atoms with E-state index in [1.807, 2.05) is 18.2 Å². The molecule has 33 heavy (non-hydrogen) atoms. The summed E-state index contributed by atoms with van der Waals surface area (Å²) in [5.41, 5.74) is 7.10. The van der Waals surface area contributed by atoms with E-state index in [2.05, 4.69) is 17.4 Å². The Kier molecular flexibility index (Phi) is 6.50. The molecule has 0 fully saturated rings. The lowest BCUT2D eigenvalue weighted by molar-refractivity contribution is 0.0973. The molecule has 0 saturated carbocycles. The monoisotopic (exact) mass is 442 g/mol.